The first-order chi connectivity index (χ1) is 17.4. The summed E-state index contributed by atoms with van der Waals surface area (Å²) in [6.07, 6.45) is 2.18. The number of rotatable bonds is 7. The third-order valence-electron chi connectivity index (χ3n) is 5.76. The molecule has 3 aromatic heterocycles. The third kappa shape index (κ3) is 4.56. The van der Waals surface area contributed by atoms with Gasteiger partial charge in [-0.05, 0) is 43.2 Å². The van der Waals surface area contributed by atoms with Gasteiger partial charge in [0.2, 0.25) is 0 Å². The van der Waals surface area contributed by atoms with Gasteiger partial charge in [0.25, 0.3) is 11.5 Å². The molecule has 0 N–H and O–H groups in total. The highest BCUT2D eigenvalue weighted by Gasteiger charge is 2.17. The summed E-state index contributed by atoms with van der Waals surface area (Å²) in [6, 6.07) is 11.9. The molecule has 0 atom stereocenters. The first-order valence-corrected chi connectivity index (χ1v) is 11.2. The van der Waals surface area contributed by atoms with Gasteiger partial charge in [0, 0.05) is 38.1 Å². The summed E-state index contributed by atoms with van der Waals surface area (Å²) in [5.41, 5.74) is 1.72. The number of carbonyl (C=O) groups excluding carboxylic acids is 1. The van der Waals surface area contributed by atoms with Crippen LogP contribution < -0.4 is 20.5 Å². The molecule has 10 nitrogen and oxygen atoms in total. The number of benzene rings is 1. The van der Waals surface area contributed by atoms with E-state index in [0.29, 0.717) is 42.4 Å². The van der Waals surface area contributed by atoms with E-state index in [-0.39, 0.29) is 27.6 Å². The molecule has 0 spiro atoms. The number of fused-ring (bicyclic) bond motifs is 2. The lowest BCUT2D eigenvalue weighted by Crippen LogP contribution is -2.30. The Bertz CT molecular complexity index is 1620. The lowest BCUT2D eigenvalue weighted by atomic mass is 10.2. The van der Waals surface area contributed by atoms with Crippen LogP contribution in [0.3, 0.4) is 0 Å². The Hall–Kier alpha value is -4.49. The second-order valence-electron chi connectivity index (χ2n) is 8.05. The second kappa shape index (κ2) is 10.4. The van der Waals surface area contributed by atoms with E-state index in [2.05, 4.69) is 11.1 Å². The Labute approximate surface area is 206 Å². The van der Waals surface area contributed by atoms with E-state index < -0.39 is 5.91 Å². The number of methoxy groups -OCH3 is 3. The predicted molar refractivity (Wildman–Crippen MR) is 132 cm³/mol. The fourth-order valence-electron chi connectivity index (χ4n) is 3.96. The molecule has 3 heterocycles. The summed E-state index contributed by atoms with van der Waals surface area (Å²) >= 11 is 0. The first kappa shape index (κ1) is 24.6. The fraction of sp³-hybridized carbons (Fsp3) is 0.269. The molecule has 0 aliphatic heterocycles. The van der Waals surface area contributed by atoms with Crippen LogP contribution in [0.25, 0.3) is 16.7 Å². The maximum Gasteiger partial charge on any atom is 0.279 e. The van der Waals surface area contributed by atoms with Gasteiger partial charge < -0.3 is 18.8 Å². The summed E-state index contributed by atoms with van der Waals surface area (Å²) < 4.78 is 18.8. The molecule has 184 valence electrons. The molecule has 0 radical (unpaired) electrons. The molecule has 0 bridgehead atoms. The van der Waals surface area contributed by atoms with E-state index in [4.69, 9.17) is 19.2 Å². The quantitative estimate of drug-likeness (QED) is 0.290. The number of carbonyl (C=O) groups is 1. The Morgan fingerprint density at radius 3 is 2.47 bits per heavy atom. The van der Waals surface area contributed by atoms with Gasteiger partial charge in [0.15, 0.2) is 5.49 Å². The summed E-state index contributed by atoms with van der Waals surface area (Å²) in [4.78, 5) is 35.7. The van der Waals surface area contributed by atoms with E-state index >= 15 is 0 Å². The molecular weight excluding hydrogens is 462 g/mol. The van der Waals surface area contributed by atoms with Crippen molar-refractivity contribution in [3.8, 4) is 17.6 Å². The van der Waals surface area contributed by atoms with Crippen LogP contribution in [0.5, 0.6) is 11.5 Å². The van der Waals surface area contributed by atoms with Crippen LogP contribution in [0.4, 0.5) is 0 Å². The van der Waals surface area contributed by atoms with Crippen molar-refractivity contribution in [1.82, 2.24) is 14.0 Å². The van der Waals surface area contributed by atoms with Gasteiger partial charge in [-0.15, -0.1) is 0 Å². The summed E-state index contributed by atoms with van der Waals surface area (Å²) in [7, 11) is 4.55. The van der Waals surface area contributed by atoms with Gasteiger partial charge in [0.1, 0.15) is 28.9 Å². The SMILES string of the molecule is COCCCn1c(=NC(=O)c2cc(OC)cc(OC)c2)c(C#N)cc2c(=O)n3cccc(C)c3nc21. The van der Waals surface area contributed by atoms with Crippen molar-refractivity contribution in [1.29, 1.82) is 5.26 Å². The lowest BCUT2D eigenvalue weighted by Gasteiger charge is -2.14. The molecule has 0 aliphatic rings. The van der Waals surface area contributed by atoms with Gasteiger partial charge >= 0.3 is 0 Å². The molecule has 0 fully saturated rings. The van der Waals surface area contributed by atoms with Crippen LogP contribution in [0.1, 0.15) is 27.9 Å². The van der Waals surface area contributed by atoms with Crippen molar-refractivity contribution in [3.05, 3.63) is 75.1 Å². The monoisotopic (exact) mass is 487 g/mol. The minimum absolute atomic E-state index is 0.0784. The van der Waals surface area contributed by atoms with Crippen molar-refractivity contribution < 1.29 is 19.0 Å². The van der Waals surface area contributed by atoms with Crippen LogP contribution in [-0.4, -0.2) is 47.8 Å². The van der Waals surface area contributed by atoms with Crippen molar-refractivity contribution in [2.45, 2.75) is 19.9 Å². The second-order valence-corrected chi connectivity index (χ2v) is 8.05. The first-order valence-electron chi connectivity index (χ1n) is 11.2. The molecule has 1 aromatic carbocycles. The van der Waals surface area contributed by atoms with Gasteiger partial charge in [-0.2, -0.15) is 10.3 Å². The van der Waals surface area contributed by atoms with Crippen molar-refractivity contribution in [2.24, 2.45) is 4.99 Å². The average Bonchev–Trinajstić information content (AvgIpc) is 2.90. The molecule has 0 saturated carbocycles. The summed E-state index contributed by atoms with van der Waals surface area (Å²) in [6.45, 7) is 2.61. The Kier molecular flexibility index (Phi) is 7.12. The number of nitriles is 1. The number of aromatic nitrogens is 3. The smallest absolute Gasteiger partial charge is 0.279 e. The molecule has 36 heavy (non-hydrogen) atoms. The predicted octanol–water partition coefficient (Wildman–Crippen LogP) is 2.62. The molecule has 4 rings (SSSR count). The molecule has 0 unspecified atom stereocenters. The maximum atomic E-state index is 13.3. The van der Waals surface area contributed by atoms with Crippen molar-refractivity contribution in [2.75, 3.05) is 27.9 Å². The summed E-state index contributed by atoms with van der Waals surface area (Å²) in [5.74, 6) is 0.255. The number of hydrogen-bond acceptors (Lipinski definition) is 7. The largest absolute Gasteiger partial charge is 0.497 e. The maximum absolute atomic E-state index is 13.3. The normalized spacial score (nSPS) is 11.6. The molecule has 0 saturated heterocycles. The zero-order valence-electron chi connectivity index (χ0n) is 20.4. The van der Waals surface area contributed by atoms with Crippen LogP contribution in [0.2, 0.25) is 0 Å². The highest BCUT2D eigenvalue weighted by molar-refractivity contribution is 5.96. The molecule has 10 heteroatoms. The van der Waals surface area contributed by atoms with Crippen molar-refractivity contribution in [3.63, 3.8) is 0 Å². The third-order valence-corrected chi connectivity index (χ3v) is 5.76. The van der Waals surface area contributed by atoms with Crippen LogP contribution >= 0.6 is 0 Å². The average molecular weight is 488 g/mol. The van der Waals surface area contributed by atoms with Gasteiger partial charge in [-0.25, -0.2) is 4.98 Å². The lowest BCUT2D eigenvalue weighted by molar-refractivity contribution is 0.0996. The number of pyridine rings is 2. The molecule has 0 aliphatic carbocycles. The highest BCUT2D eigenvalue weighted by Crippen LogP contribution is 2.23. The minimum atomic E-state index is -0.600. The van der Waals surface area contributed by atoms with E-state index in [1.54, 1.807) is 30.0 Å². The summed E-state index contributed by atoms with van der Waals surface area (Å²) in [5, 5.41) is 10.2. The zero-order chi connectivity index (χ0) is 25.8. The number of amides is 1. The van der Waals surface area contributed by atoms with E-state index in [1.165, 1.54) is 36.8 Å². The van der Waals surface area contributed by atoms with Gasteiger partial charge in [0.05, 0.1) is 25.2 Å². The standard InChI is InChI=1S/C26H25N5O5/c1-16-7-5-8-31-22(16)28-24-21(26(31)33)13-18(15-27)23(30(24)9-6-10-34-2)29-25(32)17-11-19(35-3)14-20(12-17)36-4/h5,7-8,11-14H,6,9-10H2,1-4H3. The highest BCUT2D eigenvalue weighted by atomic mass is 16.5. The van der Waals surface area contributed by atoms with Crippen LogP contribution in [0, 0.1) is 18.3 Å². The van der Waals surface area contributed by atoms with E-state index in [1.807, 2.05) is 13.0 Å². The molecule has 1 amide bonds. The molecular formula is C26H25N5O5. The number of nitrogens with zero attached hydrogens (tertiary/aromatic N) is 5. The Balaban J connectivity index is 2.05. The van der Waals surface area contributed by atoms with Crippen LogP contribution in [0.15, 0.2) is 52.4 Å². The number of hydrogen-bond donors (Lipinski definition) is 0. The minimum Gasteiger partial charge on any atom is -0.497 e. The topological polar surface area (TPSA) is 120 Å². The zero-order valence-corrected chi connectivity index (χ0v) is 20.4. The number of ether oxygens (including phenoxy) is 3. The van der Waals surface area contributed by atoms with Gasteiger partial charge in [-0.3, -0.25) is 14.0 Å². The number of aryl methyl sites for hydroxylation is 2. The van der Waals surface area contributed by atoms with Crippen LogP contribution in [-0.2, 0) is 11.3 Å². The van der Waals surface area contributed by atoms with E-state index in [0.717, 1.165) is 5.56 Å². The molecule has 4 aromatic rings. The van der Waals surface area contributed by atoms with Gasteiger partial charge in [-0.1, -0.05) is 6.07 Å². The van der Waals surface area contributed by atoms with Crippen molar-refractivity contribution >= 4 is 22.6 Å². The Morgan fingerprint density at radius 2 is 1.83 bits per heavy atom. The fourth-order valence-corrected chi connectivity index (χ4v) is 3.96. The van der Waals surface area contributed by atoms with E-state index in [9.17, 15) is 14.9 Å². The Morgan fingerprint density at radius 1 is 1.11 bits per heavy atom.